The summed E-state index contributed by atoms with van der Waals surface area (Å²) < 4.78 is 26.2. The van der Waals surface area contributed by atoms with E-state index in [1.807, 2.05) is 0 Å². The number of amides is 2. The molecular weight excluding hydrogens is 509 g/mol. The Morgan fingerprint density at radius 2 is 1.51 bits per heavy atom. The normalized spacial score (nSPS) is 15.3. The standard InChI is InChI=1S/C25H31Cl2N3O4S/c1-18(25(32)28-22-6-4-3-5-7-22)29(16-19-8-10-20(26)11-9-19)24(31)17-30(35(2,33)34)23-14-12-21(27)13-15-23/h8-15,18,22H,3-7,16-17H2,1-2H3,(H,28,32). The first-order valence-electron chi connectivity index (χ1n) is 11.6. The van der Waals surface area contributed by atoms with Crippen LogP contribution in [0.1, 0.15) is 44.6 Å². The van der Waals surface area contributed by atoms with Crippen LogP contribution in [0.2, 0.25) is 10.0 Å². The molecule has 2 amide bonds. The minimum atomic E-state index is -3.78. The van der Waals surface area contributed by atoms with Gasteiger partial charge in [0.2, 0.25) is 21.8 Å². The number of carbonyl (C=O) groups excluding carboxylic acids is 2. The third-order valence-corrected chi connectivity index (χ3v) is 7.82. The van der Waals surface area contributed by atoms with Crippen molar-refractivity contribution in [3.8, 4) is 0 Å². The van der Waals surface area contributed by atoms with E-state index in [0.717, 1.165) is 48.2 Å². The van der Waals surface area contributed by atoms with Crippen LogP contribution in [0.5, 0.6) is 0 Å². The van der Waals surface area contributed by atoms with Gasteiger partial charge in [0.25, 0.3) is 0 Å². The van der Waals surface area contributed by atoms with Crippen LogP contribution in [0, 0.1) is 0 Å². The molecule has 2 aromatic carbocycles. The van der Waals surface area contributed by atoms with Crippen LogP contribution < -0.4 is 9.62 Å². The molecule has 0 radical (unpaired) electrons. The molecule has 1 N–H and O–H groups in total. The van der Waals surface area contributed by atoms with Gasteiger partial charge in [0, 0.05) is 22.6 Å². The number of rotatable bonds is 9. The molecule has 1 saturated carbocycles. The number of hydrogen-bond acceptors (Lipinski definition) is 4. The van der Waals surface area contributed by atoms with E-state index in [1.165, 1.54) is 4.90 Å². The summed E-state index contributed by atoms with van der Waals surface area (Å²) in [5.41, 5.74) is 1.09. The van der Waals surface area contributed by atoms with E-state index in [2.05, 4.69) is 5.32 Å². The largest absolute Gasteiger partial charge is 0.352 e. The fraction of sp³-hybridized carbons (Fsp3) is 0.440. The zero-order valence-corrected chi connectivity index (χ0v) is 22.2. The summed E-state index contributed by atoms with van der Waals surface area (Å²) in [5.74, 6) is -0.747. The van der Waals surface area contributed by atoms with Gasteiger partial charge < -0.3 is 10.2 Å². The SMILES string of the molecule is CC(C(=O)NC1CCCCC1)N(Cc1ccc(Cl)cc1)C(=O)CN(c1ccc(Cl)cc1)S(C)(=O)=O. The monoisotopic (exact) mass is 539 g/mol. The molecule has 2 aromatic rings. The Morgan fingerprint density at radius 1 is 0.971 bits per heavy atom. The molecule has 0 bridgehead atoms. The Bertz CT molecular complexity index is 1120. The average Bonchev–Trinajstić information content (AvgIpc) is 2.82. The molecule has 10 heteroatoms. The minimum absolute atomic E-state index is 0.0905. The van der Waals surface area contributed by atoms with Gasteiger partial charge in [-0.25, -0.2) is 8.42 Å². The molecule has 190 valence electrons. The van der Waals surface area contributed by atoms with Crippen LogP contribution in [0.15, 0.2) is 48.5 Å². The molecular formula is C25H31Cl2N3O4S. The topological polar surface area (TPSA) is 86.8 Å². The van der Waals surface area contributed by atoms with Gasteiger partial charge in [0.1, 0.15) is 12.6 Å². The summed E-state index contributed by atoms with van der Waals surface area (Å²) in [6, 6.07) is 12.5. The molecule has 0 saturated heterocycles. The van der Waals surface area contributed by atoms with E-state index >= 15 is 0 Å². The number of hydrogen-bond donors (Lipinski definition) is 1. The number of carbonyl (C=O) groups is 2. The second-order valence-electron chi connectivity index (χ2n) is 8.91. The molecule has 1 fully saturated rings. The lowest BCUT2D eigenvalue weighted by Gasteiger charge is -2.33. The van der Waals surface area contributed by atoms with Crippen molar-refractivity contribution in [3.63, 3.8) is 0 Å². The van der Waals surface area contributed by atoms with Crippen molar-refractivity contribution in [2.75, 3.05) is 17.1 Å². The highest BCUT2D eigenvalue weighted by molar-refractivity contribution is 7.92. The number of benzene rings is 2. The molecule has 0 heterocycles. The molecule has 1 unspecified atom stereocenters. The third-order valence-electron chi connectivity index (χ3n) is 6.18. The van der Waals surface area contributed by atoms with Crippen LogP contribution >= 0.6 is 23.2 Å². The number of nitrogens with one attached hydrogen (secondary N) is 1. The van der Waals surface area contributed by atoms with Crippen molar-refractivity contribution in [1.82, 2.24) is 10.2 Å². The van der Waals surface area contributed by atoms with E-state index in [0.29, 0.717) is 15.7 Å². The van der Waals surface area contributed by atoms with E-state index < -0.39 is 28.5 Å². The first kappa shape index (κ1) is 27.3. The van der Waals surface area contributed by atoms with Crippen molar-refractivity contribution in [2.45, 2.75) is 57.7 Å². The summed E-state index contributed by atoms with van der Waals surface area (Å²) in [4.78, 5) is 28.1. The Balaban J connectivity index is 1.85. The van der Waals surface area contributed by atoms with Crippen molar-refractivity contribution in [1.29, 1.82) is 0 Å². The van der Waals surface area contributed by atoms with E-state index in [4.69, 9.17) is 23.2 Å². The lowest BCUT2D eigenvalue weighted by Crippen LogP contribution is -2.52. The van der Waals surface area contributed by atoms with Crippen molar-refractivity contribution in [3.05, 3.63) is 64.1 Å². The van der Waals surface area contributed by atoms with Crippen LogP contribution in [0.4, 0.5) is 5.69 Å². The highest BCUT2D eigenvalue weighted by atomic mass is 35.5. The number of nitrogens with zero attached hydrogens (tertiary/aromatic N) is 2. The highest BCUT2D eigenvalue weighted by Gasteiger charge is 2.31. The highest BCUT2D eigenvalue weighted by Crippen LogP contribution is 2.22. The summed E-state index contributed by atoms with van der Waals surface area (Å²) in [6.07, 6.45) is 6.17. The van der Waals surface area contributed by atoms with Gasteiger partial charge >= 0.3 is 0 Å². The van der Waals surface area contributed by atoms with E-state index in [-0.39, 0.29) is 18.5 Å². The quantitative estimate of drug-likeness (QED) is 0.503. The van der Waals surface area contributed by atoms with E-state index in [9.17, 15) is 18.0 Å². The fourth-order valence-corrected chi connectivity index (χ4v) is 5.26. The second-order valence-corrected chi connectivity index (χ2v) is 11.7. The minimum Gasteiger partial charge on any atom is -0.352 e. The van der Waals surface area contributed by atoms with Gasteiger partial charge in [-0.3, -0.25) is 13.9 Å². The molecule has 0 aliphatic heterocycles. The third kappa shape index (κ3) is 7.85. The molecule has 7 nitrogen and oxygen atoms in total. The lowest BCUT2D eigenvalue weighted by atomic mass is 9.95. The van der Waals surface area contributed by atoms with Crippen LogP contribution in [-0.2, 0) is 26.2 Å². The van der Waals surface area contributed by atoms with Crippen molar-refractivity contribution in [2.24, 2.45) is 0 Å². The maximum atomic E-state index is 13.5. The molecule has 0 aromatic heterocycles. The molecule has 1 aliphatic carbocycles. The maximum absolute atomic E-state index is 13.5. The summed E-state index contributed by atoms with van der Waals surface area (Å²) in [7, 11) is -3.78. The maximum Gasteiger partial charge on any atom is 0.244 e. The first-order valence-corrected chi connectivity index (χ1v) is 14.2. The first-order chi connectivity index (χ1) is 16.5. The summed E-state index contributed by atoms with van der Waals surface area (Å²) >= 11 is 12.0. The Kier molecular flexibility index (Phi) is 9.44. The van der Waals surface area contributed by atoms with Crippen molar-refractivity contribution >= 4 is 50.7 Å². The van der Waals surface area contributed by atoms with Crippen LogP contribution in [0.3, 0.4) is 0 Å². The Hall–Kier alpha value is -2.29. The predicted octanol–water partition coefficient (Wildman–Crippen LogP) is 4.63. The predicted molar refractivity (Wildman–Crippen MR) is 140 cm³/mol. The van der Waals surface area contributed by atoms with Crippen molar-refractivity contribution < 1.29 is 18.0 Å². The zero-order valence-electron chi connectivity index (χ0n) is 19.9. The molecule has 1 atom stereocenters. The average molecular weight is 541 g/mol. The van der Waals surface area contributed by atoms with Gasteiger partial charge in [-0.1, -0.05) is 54.6 Å². The number of halogens is 2. The number of anilines is 1. The smallest absolute Gasteiger partial charge is 0.244 e. The van der Waals surface area contributed by atoms with Gasteiger partial charge in [-0.05, 0) is 61.7 Å². The van der Waals surface area contributed by atoms with Gasteiger partial charge in [0.05, 0.1) is 11.9 Å². The molecule has 0 spiro atoms. The Morgan fingerprint density at radius 3 is 2.06 bits per heavy atom. The van der Waals surface area contributed by atoms with Crippen LogP contribution in [0.25, 0.3) is 0 Å². The van der Waals surface area contributed by atoms with E-state index in [1.54, 1.807) is 55.5 Å². The van der Waals surface area contributed by atoms with Gasteiger partial charge in [-0.2, -0.15) is 0 Å². The summed E-state index contributed by atoms with van der Waals surface area (Å²) in [6.45, 7) is 1.35. The number of sulfonamides is 1. The summed E-state index contributed by atoms with van der Waals surface area (Å²) in [5, 5.41) is 4.08. The second kappa shape index (κ2) is 12.1. The zero-order chi connectivity index (χ0) is 25.6. The van der Waals surface area contributed by atoms with Gasteiger partial charge in [-0.15, -0.1) is 0 Å². The van der Waals surface area contributed by atoms with Crippen LogP contribution in [-0.4, -0.2) is 50.0 Å². The Labute approximate surface area is 217 Å². The fourth-order valence-electron chi connectivity index (χ4n) is 4.16. The molecule has 3 rings (SSSR count). The molecule has 35 heavy (non-hydrogen) atoms. The van der Waals surface area contributed by atoms with Gasteiger partial charge in [0.15, 0.2) is 0 Å². The lowest BCUT2D eigenvalue weighted by molar-refractivity contribution is -0.139. The molecule has 1 aliphatic rings.